The highest BCUT2D eigenvalue weighted by Crippen LogP contribution is 2.44. The van der Waals surface area contributed by atoms with Crippen LogP contribution in [0.5, 0.6) is 5.75 Å². The minimum atomic E-state index is -2.45. The van der Waals surface area contributed by atoms with Gasteiger partial charge < -0.3 is 10.2 Å². The predicted molar refractivity (Wildman–Crippen MR) is 104 cm³/mol. The first-order valence-corrected chi connectivity index (χ1v) is 10.2. The summed E-state index contributed by atoms with van der Waals surface area (Å²) in [6.07, 6.45) is 11.0. The van der Waals surface area contributed by atoms with Gasteiger partial charge >= 0.3 is 0 Å². The maximum absolute atomic E-state index is 15.4. The Kier molecular flexibility index (Phi) is 6.36. The van der Waals surface area contributed by atoms with Crippen molar-refractivity contribution in [2.24, 2.45) is 5.92 Å². The average molecular weight is 376 g/mol. The molecule has 148 valence electrons. The number of hydrogen-bond donors (Lipinski definition) is 2. The fourth-order valence-corrected chi connectivity index (χ4v) is 4.48. The van der Waals surface area contributed by atoms with Gasteiger partial charge in [0, 0.05) is 5.56 Å². The summed E-state index contributed by atoms with van der Waals surface area (Å²) in [5.74, 6) is -0.0926. The predicted octanol–water partition coefficient (Wildman–Crippen LogP) is 6.20. The van der Waals surface area contributed by atoms with E-state index >= 15 is 4.39 Å². The third kappa shape index (κ3) is 4.26. The Labute approximate surface area is 160 Å². The van der Waals surface area contributed by atoms with E-state index in [0.29, 0.717) is 5.92 Å². The second-order valence-electron chi connectivity index (χ2n) is 8.07. The van der Waals surface area contributed by atoms with Gasteiger partial charge in [-0.05, 0) is 67.4 Å². The molecule has 0 saturated heterocycles. The van der Waals surface area contributed by atoms with Gasteiger partial charge in [-0.25, -0.2) is 8.78 Å². The Hall–Kier alpha value is -1.68. The molecule has 4 heteroatoms. The number of rotatable bonds is 6. The molecule has 1 fully saturated rings. The maximum Gasteiger partial charge on any atom is 0.190 e. The molecule has 2 N–H and O–H groups in total. The Bertz CT molecular complexity index is 704. The monoisotopic (exact) mass is 376 g/mol. The molecule has 2 aliphatic rings. The number of phenols is 1. The van der Waals surface area contributed by atoms with Gasteiger partial charge in [0.15, 0.2) is 5.67 Å². The number of aliphatic hydroxyl groups excluding tert-OH is 1. The Balaban J connectivity index is 1.73. The topological polar surface area (TPSA) is 40.5 Å². The molecule has 3 rings (SSSR count). The third-order valence-electron chi connectivity index (χ3n) is 6.22. The summed E-state index contributed by atoms with van der Waals surface area (Å²) < 4.78 is 29.2. The molecule has 0 radical (unpaired) electrons. The molecule has 27 heavy (non-hydrogen) atoms. The first kappa shape index (κ1) is 20.1. The van der Waals surface area contributed by atoms with Crippen LogP contribution < -0.4 is 0 Å². The van der Waals surface area contributed by atoms with E-state index in [9.17, 15) is 14.6 Å². The molecule has 1 aromatic rings. The standard InChI is InChI=1S/C23H30F2O2/c1-2-3-4-6-16-8-10-17(11-9-16)18-12-13-21(26)19(15-18)23(25)14-5-7-20(24)22(23)27/h5,7,12-17,22,26-27H,2-4,6,8-11H2,1H3. The highest BCUT2D eigenvalue weighted by Gasteiger charge is 2.44. The fourth-order valence-electron chi connectivity index (χ4n) is 4.48. The second kappa shape index (κ2) is 8.55. The zero-order chi connectivity index (χ0) is 19.4. The van der Waals surface area contributed by atoms with Gasteiger partial charge in [-0.15, -0.1) is 0 Å². The highest BCUT2D eigenvalue weighted by atomic mass is 19.2. The number of hydrogen-bond acceptors (Lipinski definition) is 2. The van der Waals surface area contributed by atoms with Crippen molar-refractivity contribution >= 4 is 0 Å². The van der Waals surface area contributed by atoms with Gasteiger partial charge in [-0.1, -0.05) is 44.7 Å². The van der Waals surface area contributed by atoms with E-state index in [1.807, 2.05) is 6.07 Å². The molecule has 0 bridgehead atoms. The van der Waals surface area contributed by atoms with Crippen molar-refractivity contribution in [3.05, 3.63) is 53.4 Å². The molecule has 0 heterocycles. The summed E-state index contributed by atoms with van der Waals surface area (Å²) in [5, 5.41) is 20.2. The number of benzene rings is 1. The van der Waals surface area contributed by atoms with E-state index in [-0.39, 0.29) is 11.3 Å². The molecule has 1 saturated carbocycles. The summed E-state index contributed by atoms with van der Waals surface area (Å²) in [7, 11) is 0. The normalized spacial score (nSPS) is 31.0. The zero-order valence-corrected chi connectivity index (χ0v) is 16.0. The zero-order valence-electron chi connectivity index (χ0n) is 16.0. The molecule has 2 aliphatic carbocycles. The van der Waals surface area contributed by atoms with Gasteiger partial charge in [-0.3, -0.25) is 0 Å². The van der Waals surface area contributed by atoms with Crippen LogP contribution in [0.4, 0.5) is 8.78 Å². The average Bonchev–Trinajstić information content (AvgIpc) is 2.67. The van der Waals surface area contributed by atoms with E-state index in [2.05, 4.69) is 6.92 Å². The van der Waals surface area contributed by atoms with Crippen LogP contribution in [-0.2, 0) is 5.67 Å². The number of allylic oxidation sites excluding steroid dienone is 2. The summed E-state index contributed by atoms with van der Waals surface area (Å²) >= 11 is 0. The molecule has 0 aromatic heterocycles. The van der Waals surface area contributed by atoms with Crippen molar-refractivity contribution in [1.29, 1.82) is 0 Å². The molecule has 0 amide bonds. The lowest BCUT2D eigenvalue weighted by atomic mass is 9.76. The van der Waals surface area contributed by atoms with E-state index in [0.717, 1.165) is 36.5 Å². The van der Waals surface area contributed by atoms with Crippen LogP contribution in [0.15, 0.2) is 42.3 Å². The summed E-state index contributed by atoms with van der Waals surface area (Å²) in [4.78, 5) is 0. The van der Waals surface area contributed by atoms with Crippen molar-refractivity contribution < 1.29 is 19.0 Å². The Morgan fingerprint density at radius 3 is 2.59 bits per heavy atom. The van der Waals surface area contributed by atoms with Gasteiger partial charge in [0.05, 0.1) is 0 Å². The molecule has 0 spiro atoms. The Morgan fingerprint density at radius 2 is 1.89 bits per heavy atom. The molecule has 0 aliphatic heterocycles. The van der Waals surface area contributed by atoms with Gasteiger partial charge in [-0.2, -0.15) is 0 Å². The summed E-state index contributed by atoms with van der Waals surface area (Å²) in [6, 6.07) is 4.91. The number of aliphatic hydroxyl groups is 1. The summed E-state index contributed by atoms with van der Waals surface area (Å²) in [5.41, 5.74) is -1.55. The van der Waals surface area contributed by atoms with Crippen molar-refractivity contribution in [2.45, 2.75) is 76.0 Å². The Morgan fingerprint density at radius 1 is 1.15 bits per heavy atom. The van der Waals surface area contributed by atoms with Crippen LogP contribution in [0.25, 0.3) is 0 Å². The smallest absolute Gasteiger partial charge is 0.190 e. The first-order chi connectivity index (χ1) is 13.0. The van der Waals surface area contributed by atoms with Crippen LogP contribution in [0, 0.1) is 5.92 Å². The van der Waals surface area contributed by atoms with Gasteiger partial charge in [0.25, 0.3) is 0 Å². The van der Waals surface area contributed by atoms with E-state index < -0.39 is 17.6 Å². The lowest BCUT2D eigenvalue weighted by Crippen LogP contribution is -2.35. The van der Waals surface area contributed by atoms with Crippen molar-refractivity contribution in [2.75, 3.05) is 0 Å². The number of alkyl halides is 1. The molecule has 2 unspecified atom stereocenters. The first-order valence-electron chi connectivity index (χ1n) is 10.2. The van der Waals surface area contributed by atoms with Crippen LogP contribution >= 0.6 is 0 Å². The molecule has 1 aromatic carbocycles. The maximum atomic E-state index is 15.4. The van der Waals surface area contributed by atoms with Crippen LogP contribution in [-0.4, -0.2) is 16.3 Å². The SMILES string of the molecule is CCCCCC1CCC(c2ccc(O)c(C3(F)C=CC=C(F)C3O)c2)CC1. The van der Waals surface area contributed by atoms with Crippen molar-refractivity contribution in [3.8, 4) is 5.75 Å². The molecular formula is C23H30F2O2. The van der Waals surface area contributed by atoms with Gasteiger partial charge in [0.1, 0.15) is 17.7 Å². The lowest BCUT2D eigenvalue weighted by Gasteiger charge is -2.32. The highest BCUT2D eigenvalue weighted by molar-refractivity contribution is 5.47. The quantitative estimate of drug-likeness (QED) is 0.581. The third-order valence-corrected chi connectivity index (χ3v) is 6.22. The minimum absolute atomic E-state index is 0.0583. The van der Waals surface area contributed by atoms with Crippen molar-refractivity contribution in [3.63, 3.8) is 0 Å². The number of halogens is 2. The van der Waals surface area contributed by atoms with Crippen LogP contribution in [0.1, 0.15) is 75.3 Å². The summed E-state index contributed by atoms with van der Waals surface area (Å²) in [6.45, 7) is 2.22. The van der Waals surface area contributed by atoms with Gasteiger partial charge in [0.2, 0.25) is 0 Å². The molecule has 2 atom stereocenters. The van der Waals surface area contributed by atoms with Crippen LogP contribution in [0.3, 0.4) is 0 Å². The van der Waals surface area contributed by atoms with Crippen LogP contribution in [0.2, 0.25) is 0 Å². The molecular weight excluding hydrogens is 346 g/mol. The van der Waals surface area contributed by atoms with E-state index in [4.69, 9.17) is 0 Å². The number of unbranched alkanes of at least 4 members (excludes halogenated alkanes) is 2. The van der Waals surface area contributed by atoms with E-state index in [1.165, 1.54) is 50.7 Å². The largest absolute Gasteiger partial charge is 0.508 e. The van der Waals surface area contributed by atoms with Crippen molar-refractivity contribution in [1.82, 2.24) is 0 Å². The lowest BCUT2D eigenvalue weighted by molar-refractivity contribution is 0.0296. The molecule has 2 nitrogen and oxygen atoms in total. The second-order valence-corrected chi connectivity index (χ2v) is 8.07. The minimum Gasteiger partial charge on any atom is -0.508 e. The number of aromatic hydroxyl groups is 1. The fraction of sp³-hybridized carbons (Fsp3) is 0.565. The number of phenolic OH excluding ortho intramolecular Hbond substituents is 1. The van der Waals surface area contributed by atoms with E-state index in [1.54, 1.807) is 6.07 Å².